The quantitative estimate of drug-likeness (QED) is 0.576. The molecule has 1 amide bonds. The minimum Gasteiger partial charge on any atom is -0.495 e. The molecular formula is C22H23N3O4S. The Hall–Kier alpha value is -3.39. The molecule has 0 spiro atoms. The van der Waals surface area contributed by atoms with E-state index in [1.54, 1.807) is 12.1 Å². The van der Waals surface area contributed by atoms with Crippen molar-refractivity contribution in [3.8, 4) is 5.75 Å². The molecule has 1 aromatic heterocycles. The standard InChI is InChI=1S/C22H23N3O4S/c1-15-6-3-4-7-16(15)10-11-17-8-5-9-20(22(23)26)21(17)30(27,28)25-18-12-19(29-2)14-24-13-18/h3-9,12-14,25H,10-11H2,1-2H3,(H2,23,26). The van der Waals surface area contributed by atoms with Gasteiger partial charge in [-0.3, -0.25) is 14.5 Å². The van der Waals surface area contributed by atoms with E-state index in [1.807, 2.05) is 31.2 Å². The lowest BCUT2D eigenvalue weighted by molar-refractivity contribution is 0.0997. The van der Waals surface area contributed by atoms with E-state index in [-0.39, 0.29) is 16.1 Å². The maximum absolute atomic E-state index is 13.2. The van der Waals surface area contributed by atoms with Crippen LogP contribution in [-0.2, 0) is 22.9 Å². The van der Waals surface area contributed by atoms with Crippen molar-refractivity contribution in [3.63, 3.8) is 0 Å². The van der Waals surface area contributed by atoms with Gasteiger partial charge < -0.3 is 10.5 Å². The fourth-order valence-electron chi connectivity index (χ4n) is 3.25. The topological polar surface area (TPSA) is 111 Å². The van der Waals surface area contributed by atoms with E-state index in [4.69, 9.17) is 10.5 Å². The summed E-state index contributed by atoms with van der Waals surface area (Å²) >= 11 is 0. The molecule has 0 fully saturated rings. The van der Waals surface area contributed by atoms with Crippen molar-refractivity contribution in [2.24, 2.45) is 5.73 Å². The third-order valence-electron chi connectivity index (χ3n) is 4.76. The number of benzene rings is 2. The van der Waals surface area contributed by atoms with Crippen LogP contribution in [0.25, 0.3) is 0 Å². The van der Waals surface area contributed by atoms with E-state index in [1.165, 1.54) is 31.6 Å². The van der Waals surface area contributed by atoms with Crippen molar-refractivity contribution in [2.75, 3.05) is 11.8 Å². The van der Waals surface area contributed by atoms with Gasteiger partial charge in [0.1, 0.15) is 10.6 Å². The summed E-state index contributed by atoms with van der Waals surface area (Å²) in [5.41, 5.74) is 8.39. The number of aryl methyl sites for hydroxylation is 3. The summed E-state index contributed by atoms with van der Waals surface area (Å²) in [4.78, 5) is 15.8. The molecule has 3 N–H and O–H groups in total. The number of aromatic nitrogens is 1. The number of pyridine rings is 1. The number of carbonyl (C=O) groups is 1. The summed E-state index contributed by atoms with van der Waals surface area (Å²) in [7, 11) is -2.65. The van der Waals surface area contributed by atoms with Gasteiger partial charge >= 0.3 is 0 Å². The van der Waals surface area contributed by atoms with Crippen LogP contribution in [0.1, 0.15) is 27.0 Å². The number of hydrogen-bond acceptors (Lipinski definition) is 5. The van der Waals surface area contributed by atoms with E-state index in [9.17, 15) is 13.2 Å². The van der Waals surface area contributed by atoms with Crippen molar-refractivity contribution in [2.45, 2.75) is 24.7 Å². The number of nitrogens with two attached hydrogens (primary N) is 1. The lowest BCUT2D eigenvalue weighted by atomic mass is 9.99. The fraction of sp³-hybridized carbons (Fsp3) is 0.182. The molecule has 0 atom stereocenters. The highest BCUT2D eigenvalue weighted by atomic mass is 32.2. The van der Waals surface area contributed by atoms with Crippen LogP contribution in [0.5, 0.6) is 5.75 Å². The second-order valence-corrected chi connectivity index (χ2v) is 8.42. The van der Waals surface area contributed by atoms with Crippen LogP contribution in [0, 0.1) is 6.92 Å². The zero-order valence-corrected chi connectivity index (χ0v) is 17.6. The van der Waals surface area contributed by atoms with E-state index in [0.717, 1.165) is 11.1 Å². The van der Waals surface area contributed by atoms with Crippen LogP contribution in [0.3, 0.4) is 0 Å². The van der Waals surface area contributed by atoms with Crippen molar-refractivity contribution < 1.29 is 17.9 Å². The summed E-state index contributed by atoms with van der Waals surface area (Å²) in [6.45, 7) is 2.00. The number of carbonyl (C=O) groups excluding carboxylic acids is 1. The highest BCUT2D eigenvalue weighted by Gasteiger charge is 2.25. The molecule has 3 rings (SSSR count). The predicted molar refractivity (Wildman–Crippen MR) is 115 cm³/mol. The smallest absolute Gasteiger partial charge is 0.263 e. The van der Waals surface area contributed by atoms with Gasteiger partial charge in [-0.05, 0) is 42.5 Å². The van der Waals surface area contributed by atoms with E-state index in [0.29, 0.717) is 24.2 Å². The molecule has 7 nitrogen and oxygen atoms in total. The van der Waals surface area contributed by atoms with Crippen molar-refractivity contribution >= 4 is 21.6 Å². The van der Waals surface area contributed by atoms with Gasteiger partial charge in [0.15, 0.2) is 0 Å². The molecule has 2 aromatic carbocycles. The molecular weight excluding hydrogens is 402 g/mol. The number of rotatable bonds is 8. The number of anilines is 1. The van der Waals surface area contributed by atoms with E-state index < -0.39 is 15.9 Å². The Bertz CT molecular complexity index is 1180. The SMILES string of the molecule is COc1cncc(NS(=O)(=O)c2c(CCc3ccccc3C)cccc2C(N)=O)c1. The molecule has 0 unspecified atom stereocenters. The molecule has 8 heteroatoms. The number of nitrogens with zero attached hydrogens (tertiary/aromatic N) is 1. The molecule has 0 radical (unpaired) electrons. The lowest BCUT2D eigenvalue weighted by Gasteiger charge is -2.16. The number of ether oxygens (including phenoxy) is 1. The normalized spacial score (nSPS) is 11.1. The number of amides is 1. The molecule has 0 saturated heterocycles. The summed E-state index contributed by atoms with van der Waals surface area (Å²) in [6, 6.07) is 14.2. The third kappa shape index (κ3) is 4.77. The number of nitrogens with one attached hydrogen (secondary N) is 1. The first-order chi connectivity index (χ1) is 14.3. The third-order valence-corrected chi connectivity index (χ3v) is 6.28. The molecule has 0 aliphatic heterocycles. The summed E-state index contributed by atoms with van der Waals surface area (Å²) < 4.78 is 34.0. The van der Waals surface area contributed by atoms with Crippen LogP contribution in [0.2, 0.25) is 0 Å². The first kappa shape index (κ1) is 21.3. The molecule has 0 bridgehead atoms. The molecule has 3 aromatic rings. The van der Waals surface area contributed by atoms with Crippen molar-refractivity contribution in [3.05, 3.63) is 83.2 Å². The van der Waals surface area contributed by atoms with Crippen LogP contribution < -0.4 is 15.2 Å². The summed E-state index contributed by atoms with van der Waals surface area (Å²) in [5, 5.41) is 0. The molecule has 1 heterocycles. The average Bonchev–Trinajstić information content (AvgIpc) is 2.72. The Morgan fingerprint density at radius 1 is 1.07 bits per heavy atom. The van der Waals surface area contributed by atoms with Gasteiger partial charge in [-0.25, -0.2) is 8.42 Å². The van der Waals surface area contributed by atoms with Crippen LogP contribution in [-0.4, -0.2) is 26.4 Å². The highest BCUT2D eigenvalue weighted by molar-refractivity contribution is 7.92. The van der Waals surface area contributed by atoms with Gasteiger partial charge in [0.2, 0.25) is 5.91 Å². The van der Waals surface area contributed by atoms with Gasteiger partial charge in [0.25, 0.3) is 10.0 Å². The zero-order chi connectivity index (χ0) is 21.7. The van der Waals surface area contributed by atoms with Crippen LogP contribution in [0.4, 0.5) is 5.69 Å². The Morgan fingerprint density at radius 2 is 1.77 bits per heavy atom. The van der Waals surface area contributed by atoms with Gasteiger partial charge in [-0.15, -0.1) is 0 Å². The summed E-state index contributed by atoms with van der Waals surface area (Å²) in [6.07, 6.45) is 3.87. The highest BCUT2D eigenvalue weighted by Crippen LogP contribution is 2.26. The molecule has 156 valence electrons. The molecule has 0 aliphatic rings. The Labute approximate surface area is 176 Å². The number of sulfonamides is 1. The number of methoxy groups -OCH3 is 1. The fourth-order valence-corrected chi connectivity index (χ4v) is 4.74. The Kier molecular flexibility index (Phi) is 6.37. The predicted octanol–water partition coefficient (Wildman–Crippen LogP) is 3.08. The van der Waals surface area contributed by atoms with Crippen LogP contribution >= 0.6 is 0 Å². The molecule has 0 aliphatic carbocycles. The lowest BCUT2D eigenvalue weighted by Crippen LogP contribution is -2.22. The van der Waals surface area contributed by atoms with Gasteiger partial charge in [0, 0.05) is 6.07 Å². The first-order valence-corrected chi connectivity index (χ1v) is 10.8. The second kappa shape index (κ2) is 8.96. The first-order valence-electron chi connectivity index (χ1n) is 9.30. The summed E-state index contributed by atoms with van der Waals surface area (Å²) in [5.74, 6) is -0.407. The van der Waals surface area contributed by atoms with Crippen molar-refractivity contribution in [1.82, 2.24) is 4.98 Å². The maximum Gasteiger partial charge on any atom is 0.263 e. The minimum atomic E-state index is -4.11. The average molecular weight is 426 g/mol. The largest absolute Gasteiger partial charge is 0.495 e. The Morgan fingerprint density at radius 3 is 2.47 bits per heavy atom. The van der Waals surface area contributed by atoms with E-state index in [2.05, 4.69) is 9.71 Å². The van der Waals surface area contributed by atoms with Gasteiger partial charge in [-0.1, -0.05) is 36.4 Å². The van der Waals surface area contributed by atoms with Crippen molar-refractivity contribution in [1.29, 1.82) is 0 Å². The second-order valence-electron chi connectivity index (χ2n) is 6.80. The number of primary amides is 1. The van der Waals surface area contributed by atoms with Gasteiger partial charge in [0.05, 0.1) is 30.8 Å². The molecule has 30 heavy (non-hydrogen) atoms. The molecule has 0 saturated carbocycles. The minimum absolute atomic E-state index is 0.0550. The van der Waals surface area contributed by atoms with E-state index >= 15 is 0 Å². The maximum atomic E-state index is 13.2. The van der Waals surface area contributed by atoms with Crippen LogP contribution in [0.15, 0.2) is 65.8 Å². The van der Waals surface area contributed by atoms with Gasteiger partial charge in [-0.2, -0.15) is 0 Å². The Balaban J connectivity index is 2.00. The number of hydrogen-bond donors (Lipinski definition) is 2. The monoisotopic (exact) mass is 425 g/mol. The zero-order valence-electron chi connectivity index (χ0n) is 16.8.